The number of nitrogens with zero attached hydrogens (tertiary/aromatic N) is 3. The van der Waals surface area contributed by atoms with Gasteiger partial charge in [-0.3, -0.25) is 15.1 Å². The summed E-state index contributed by atoms with van der Waals surface area (Å²) in [6, 6.07) is 15.5. The number of aliphatic imine (C=N–C) groups is 1. The Morgan fingerprint density at radius 2 is 1.86 bits per heavy atom. The fourth-order valence-corrected chi connectivity index (χ4v) is 2.20. The summed E-state index contributed by atoms with van der Waals surface area (Å²) >= 11 is 6.14. The average molecular weight is 312 g/mol. The quantitative estimate of drug-likeness (QED) is 0.308. The fourth-order valence-electron chi connectivity index (χ4n) is 2.00. The van der Waals surface area contributed by atoms with Crippen molar-refractivity contribution in [1.82, 2.24) is 4.98 Å². The lowest BCUT2D eigenvalue weighted by Gasteiger charge is -2.01. The zero-order chi connectivity index (χ0) is 15.5. The normalized spacial score (nSPS) is 11.1. The smallest absolute Gasteiger partial charge is 0.258 e. The van der Waals surface area contributed by atoms with Crippen molar-refractivity contribution in [3.63, 3.8) is 0 Å². The molecule has 0 aliphatic heterocycles. The molecule has 0 amide bonds. The Kier molecular flexibility index (Phi) is 3.80. The minimum atomic E-state index is -0.447. The van der Waals surface area contributed by atoms with Gasteiger partial charge in [0.15, 0.2) is 0 Å². The summed E-state index contributed by atoms with van der Waals surface area (Å²) in [6.07, 6.45) is 1.60. The van der Waals surface area contributed by atoms with Gasteiger partial charge in [-0.15, -0.1) is 0 Å². The van der Waals surface area contributed by atoms with Crippen molar-refractivity contribution in [2.45, 2.75) is 0 Å². The van der Waals surface area contributed by atoms with Crippen molar-refractivity contribution in [1.29, 1.82) is 0 Å². The van der Waals surface area contributed by atoms with Crippen molar-refractivity contribution >= 4 is 40.1 Å². The molecular formula is C16H10ClN3O2. The molecule has 0 atom stereocenters. The summed E-state index contributed by atoms with van der Waals surface area (Å²) in [7, 11) is 0. The lowest BCUT2D eigenvalue weighted by atomic mass is 10.2. The van der Waals surface area contributed by atoms with E-state index in [1.54, 1.807) is 18.3 Å². The van der Waals surface area contributed by atoms with E-state index in [0.717, 1.165) is 10.9 Å². The molecule has 0 fully saturated rings. The molecule has 5 nitrogen and oxygen atoms in total. The number of para-hydroxylation sites is 1. The summed E-state index contributed by atoms with van der Waals surface area (Å²) in [4.78, 5) is 18.7. The van der Waals surface area contributed by atoms with E-state index >= 15 is 0 Å². The number of hydrogen-bond acceptors (Lipinski definition) is 4. The third kappa shape index (κ3) is 2.94. The predicted octanol–water partition coefficient (Wildman–Crippen LogP) is 4.55. The minimum absolute atomic E-state index is 0.0318. The topological polar surface area (TPSA) is 68.4 Å². The Morgan fingerprint density at radius 1 is 1.14 bits per heavy atom. The number of non-ortho nitro benzene ring substituents is 1. The second kappa shape index (κ2) is 5.91. The summed E-state index contributed by atoms with van der Waals surface area (Å²) in [5.74, 6) is 0. The molecule has 0 saturated heterocycles. The van der Waals surface area contributed by atoms with Gasteiger partial charge in [-0.2, -0.15) is 0 Å². The van der Waals surface area contributed by atoms with Gasteiger partial charge in [0, 0.05) is 29.3 Å². The monoisotopic (exact) mass is 311 g/mol. The van der Waals surface area contributed by atoms with Crippen LogP contribution in [0.15, 0.2) is 59.6 Å². The van der Waals surface area contributed by atoms with Gasteiger partial charge in [-0.05, 0) is 24.3 Å². The Hall–Kier alpha value is -2.79. The van der Waals surface area contributed by atoms with E-state index in [4.69, 9.17) is 11.6 Å². The van der Waals surface area contributed by atoms with Gasteiger partial charge >= 0.3 is 0 Å². The van der Waals surface area contributed by atoms with Crippen molar-refractivity contribution < 1.29 is 4.92 Å². The van der Waals surface area contributed by atoms with Gasteiger partial charge in [0.2, 0.25) is 0 Å². The van der Waals surface area contributed by atoms with Crippen LogP contribution in [0.5, 0.6) is 0 Å². The molecule has 0 spiro atoms. The van der Waals surface area contributed by atoms with E-state index in [-0.39, 0.29) is 5.69 Å². The number of aromatic nitrogens is 1. The third-order valence-corrected chi connectivity index (χ3v) is 3.42. The molecule has 2 aromatic carbocycles. The number of pyridine rings is 1. The maximum atomic E-state index is 10.6. The number of rotatable bonds is 3. The summed E-state index contributed by atoms with van der Waals surface area (Å²) in [5.41, 5.74) is 2.15. The second-order valence-electron chi connectivity index (χ2n) is 4.59. The zero-order valence-corrected chi connectivity index (χ0v) is 12.1. The van der Waals surface area contributed by atoms with Crippen molar-refractivity contribution in [3.05, 3.63) is 75.4 Å². The summed E-state index contributed by atoms with van der Waals surface area (Å²) in [6.45, 7) is 0. The van der Waals surface area contributed by atoms with Crippen LogP contribution in [0.1, 0.15) is 5.56 Å². The zero-order valence-electron chi connectivity index (χ0n) is 11.3. The molecule has 0 radical (unpaired) electrons. The fraction of sp³-hybridized carbons (Fsp3) is 0. The van der Waals surface area contributed by atoms with Crippen LogP contribution in [0.2, 0.25) is 5.15 Å². The van der Waals surface area contributed by atoms with E-state index in [1.807, 2.05) is 30.3 Å². The van der Waals surface area contributed by atoms with E-state index < -0.39 is 4.92 Å². The van der Waals surface area contributed by atoms with Crippen molar-refractivity contribution in [3.8, 4) is 0 Å². The van der Waals surface area contributed by atoms with Crippen LogP contribution in [0.3, 0.4) is 0 Å². The van der Waals surface area contributed by atoms with Gasteiger partial charge < -0.3 is 0 Å². The Labute approximate surface area is 131 Å². The van der Waals surface area contributed by atoms with Crippen LogP contribution in [0, 0.1) is 10.1 Å². The first kappa shape index (κ1) is 14.2. The summed E-state index contributed by atoms with van der Waals surface area (Å²) in [5, 5.41) is 11.9. The molecule has 0 aliphatic carbocycles. The van der Waals surface area contributed by atoms with Crippen LogP contribution >= 0.6 is 11.6 Å². The molecule has 22 heavy (non-hydrogen) atoms. The Morgan fingerprint density at radius 3 is 2.59 bits per heavy atom. The number of hydrogen-bond donors (Lipinski definition) is 0. The lowest BCUT2D eigenvalue weighted by Crippen LogP contribution is -1.89. The average Bonchev–Trinajstić information content (AvgIpc) is 2.53. The molecule has 0 unspecified atom stereocenters. The molecule has 1 heterocycles. The molecule has 0 N–H and O–H groups in total. The van der Waals surface area contributed by atoms with Gasteiger partial charge in [0.1, 0.15) is 5.15 Å². The van der Waals surface area contributed by atoms with E-state index in [0.29, 0.717) is 16.4 Å². The largest absolute Gasteiger partial charge is 0.269 e. The lowest BCUT2D eigenvalue weighted by molar-refractivity contribution is -0.384. The molecule has 0 aliphatic rings. The molecule has 1 aromatic heterocycles. The minimum Gasteiger partial charge on any atom is -0.258 e. The molecule has 6 heteroatoms. The van der Waals surface area contributed by atoms with Crippen LogP contribution < -0.4 is 0 Å². The number of fused-ring (bicyclic) bond motifs is 1. The van der Waals surface area contributed by atoms with Crippen molar-refractivity contribution in [2.75, 3.05) is 0 Å². The van der Waals surface area contributed by atoms with Gasteiger partial charge in [0.05, 0.1) is 16.1 Å². The second-order valence-corrected chi connectivity index (χ2v) is 4.95. The molecule has 3 aromatic rings. The van der Waals surface area contributed by atoms with E-state index in [9.17, 15) is 10.1 Å². The highest BCUT2D eigenvalue weighted by atomic mass is 35.5. The molecule has 108 valence electrons. The number of benzene rings is 2. The first-order valence-electron chi connectivity index (χ1n) is 6.47. The molecule has 0 bridgehead atoms. The highest BCUT2D eigenvalue weighted by molar-refractivity contribution is 6.32. The Bertz CT molecular complexity index is 876. The third-order valence-electron chi connectivity index (χ3n) is 3.12. The van der Waals surface area contributed by atoms with Gasteiger partial charge in [-0.25, -0.2) is 4.98 Å². The van der Waals surface area contributed by atoms with Crippen molar-refractivity contribution in [2.24, 2.45) is 4.99 Å². The maximum absolute atomic E-state index is 10.6. The van der Waals surface area contributed by atoms with Gasteiger partial charge in [0.25, 0.3) is 5.69 Å². The number of nitro benzene ring substituents is 1. The number of halogens is 1. The first-order chi connectivity index (χ1) is 10.6. The Balaban J connectivity index is 1.91. The summed E-state index contributed by atoms with van der Waals surface area (Å²) < 4.78 is 0. The first-order valence-corrected chi connectivity index (χ1v) is 6.85. The predicted molar refractivity (Wildman–Crippen MR) is 87.1 cm³/mol. The molecule has 3 rings (SSSR count). The standard InChI is InChI=1S/C16H10ClN3O2/c17-16-12(9-11-3-1-2-4-15(11)19-16)10-18-13-5-7-14(8-6-13)20(21)22/h1-10H. The maximum Gasteiger partial charge on any atom is 0.269 e. The molecule has 0 saturated carbocycles. The van der Waals surface area contributed by atoms with Crippen LogP contribution in [0.4, 0.5) is 11.4 Å². The highest BCUT2D eigenvalue weighted by Crippen LogP contribution is 2.21. The van der Waals surface area contributed by atoms with E-state index in [2.05, 4.69) is 9.98 Å². The SMILES string of the molecule is O=[N+]([O-])c1ccc(N=Cc2cc3ccccc3nc2Cl)cc1. The van der Waals surface area contributed by atoms with Gasteiger partial charge in [-0.1, -0.05) is 29.8 Å². The highest BCUT2D eigenvalue weighted by Gasteiger charge is 2.04. The van der Waals surface area contributed by atoms with Crippen LogP contribution in [-0.2, 0) is 0 Å². The van der Waals surface area contributed by atoms with Crippen LogP contribution in [0.25, 0.3) is 10.9 Å². The number of nitro groups is 1. The van der Waals surface area contributed by atoms with E-state index in [1.165, 1.54) is 12.1 Å². The van der Waals surface area contributed by atoms with Crippen LogP contribution in [-0.4, -0.2) is 16.1 Å². The molecular weight excluding hydrogens is 302 g/mol.